The molecule has 2 rings (SSSR count). The molecule has 0 bridgehead atoms. The van der Waals surface area contributed by atoms with Crippen molar-refractivity contribution in [2.45, 2.75) is 19.4 Å². The molecule has 1 unspecified atom stereocenters. The maximum Gasteiger partial charge on any atom is 0.0507 e. The second-order valence-electron chi connectivity index (χ2n) is 4.85. The molecule has 1 fully saturated rings. The highest BCUT2D eigenvalue weighted by Crippen LogP contribution is 2.30. The predicted octanol–water partition coefficient (Wildman–Crippen LogP) is 2.77. The minimum atomic E-state index is 0.572. The fourth-order valence-electron chi connectivity index (χ4n) is 2.70. The summed E-state index contributed by atoms with van der Waals surface area (Å²) in [7, 11) is 1.78. The molecule has 0 saturated carbocycles. The van der Waals surface area contributed by atoms with Gasteiger partial charge in [-0.05, 0) is 30.9 Å². The highest BCUT2D eigenvalue weighted by atomic mass is 79.9. The molecule has 1 aromatic carbocycles. The first kappa shape index (κ1) is 13.8. The Labute approximate surface area is 117 Å². The van der Waals surface area contributed by atoms with E-state index in [-0.39, 0.29) is 0 Å². The molecular weight excluding hydrogens is 292 g/mol. The zero-order chi connectivity index (χ0) is 13.0. The van der Waals surface area contributed by atoms with Gasteiger partial charge in [-0.1, -0.05) is 22.0 Å². The highest BCUT2D eigenvalue weighted by Gasteiger charge is 2.21. The molecule has 0 aromatic heterocycles. The average molecular weight is 313 g/mol. The predicted molar refractivity (Wildman–Crippen MR) is 78.8 cm³/mol. The summed E-state index contributed by atoms with van der Waals surface area (Å²) in [4.78, 5) is 2.44. The summed E-state index contributed by atoms with van der Waals surface area (Å²) >= 11 is 3.59. The fourth-order valence-corrected chi connectivity index (χ4v) is 3.22. The lowest BCUT2D eigenvalue weighted by molar-refractivity contribution is 0.143. The molecule has 3 nitrogen and oxygen atoms in total. The van der Waals surface area contributed by atoms with E-state index in [1.165, 1.54) is 24.1 Å². The number of halogens is 1. The Morgan fingerprint density at radius 3 is 3.06 bits per heavy atom. The van der Waals surface area contributed by atoms with Crippen molar-refractivity contribution in [3.8, 4) is 0 Å². The van der Waals surface area contributed by atoms with Gasteiger partial charge in [0.05, 0.1) is 6.61 Å². The number of rotatable bonds is 4. The van der Waals surface area contributed by atoms with E-state index in [2.05, 4.69) is 39.0 Å². The van der Waals surface area contributed by atoms with E-state index in [0.717, 1.165) is 24.2 Å². The van der Waals surface area contributed by atoms with Crippen molar-refractivity contribution in [2.75, 3.05) is 31.7 Å². The molecule has 0 aliphatic carbocycles. The van der Waals surface area contributed by atoms with Crippen LogP contribution >= 0.6 is 15.9 Å². The van der Waals surface area contributed by atoms with Crippen LogP contribution in [-0.2, 0) is 11.3 Å². The molecule has 0 amide bonds. The summed E-state index contributed by atoms with van der Waals surface area (Å²) in [5, 5.41) is 0. The third-order valence-corrected chi connectivity index (χ3v) is 4.30. The Morgan fingerprint density at radius 1 is 1.50 bits per heavy atom. The van der Waals surface area contributed by atoms with Crippen molar-refractivity contribution in [2.24, 2.45) is 11.7 Å². The van der Waals surface area contributed by atoms with E-state index in [1.54, 1.807) is 7.11 Å². The molecule has 0 radical (unpaired) electrons. The zero-order valence-corrected chi connectivity index (χ0v) is 12.4. The number of ether oxygens (including phenoxy) is 1. The molecule has 1 saturated heterocycles. The van der Waals surface area contributed by atoms with Crippen molar-refractivity contribution in [1.29, 1.82) is 0 Å². The van der Waals surface area contributed by atoms with Gasteiger partial charge in [-0.3, -0.25) is 0 Å². The third-order valence-electron chi connectivity index (χ3n) is 3.56. The summed E-state index contributed by atoms with van der Waals surface area (Å²) in [5.41, 5.74) is 8.35. The molecule has 4 heteroatoms. The maximum atomic E-state index is 5.87. The first-order valence-electron chi connectivity index (χ1n) is 6.47. The van der Waals surface area contributed by atoms with Gasteiger partial charge in [0.1, 0.15) is 0 Å². The number of piperidine rings is 1. The average Bonchev–Trinajstić information content (AvgIpc) is 2.39. The van der Waals surface area contributed by atoms with Crippen LogP contribution in [0.5, 0.6) is 0 Å². The van der Waals surface area contributed by atoms with Crippen LogP contribution in [-0.4, -0.2) is 26.8 Å². The van der Waals surface area contributed by atoms with Crippen molar-refractivity contribution >= 4 is 21.6 Å². The molecule has 1 heterocycles. The lowest BCUT2D eigenvalue weighted by Crippen LogP contribution is -2.37. The van der Waals surface area contributed by atoms with Gasteiger partial charge < -0.3 is 15.4 Å². The number of benzene rings is 1. The van der Waals surface area contributed by atoms with E-state index < -0.39 is 0 Å². The van der Waals surface area contributed by atoms with Crippen LogP contribution in [0.15, 0.2) is 22.7 Å². The summed E-state index contributed by atoms with van der Waals surface area (Å²) < 4.78 is 6.39. The van der Waals surface area contributed by atoms with Crippen LogP contribution in [0.2, 0.25) is 0 Å². The van der Waals surface area contributed by atoms with E-state index in [0.29, 0.717) is 12.5 Å². The molecule has 1 aromatic rings. The van der Waals surface area contributed by atoms with Crippen LogP contribution < -0.4 is 10.6 Å². The Morgan fingerprint density at radius 2 is 2.33 bits per heavy atom. The zero-order valence-electron chi connectivity index (χ0n) is 10.9. The van der Waals surface area contributed by atoms with E-state index in [9.17, 15) is 0 Å². The van der Waals surface area contributed by atoms with E-state index in [1.807, 2.05) is 0 Å². The van der Waals surface area contributed by atoms with Crippen LogP contribution in [0.25, 0.3) is 0 Å². The Balaban J connectivity index is 2.18. The summed E-state index contributed by atoms with van der Waals surface area (Å²) in [6, 6.07) is 6.31. The number of hydrogen-bond donors (Lipinski definition) is 1. The smallest absolute Gasteiger partial charge is 0.0507 e. The molecular formula is C14H21BrN2O. The number of hydrogen-bond acceptors (Lipinski definition) is 3. The van der Waals surface area contributed by atoms with Crippen molar-refractivity contribution in [3.63, 3.8) is 0 Å². The number of nitrogens with zero attached hydrogens (tertiary/aromatic N) is 1. The highest BCUT2D eigenvalue weighted by molar-refractivity contribution is 9.10. The van der Waals surface area contributed by atoms with Crippen LogP contribution in [0.1, 0.15) is 18.4 Å². The Hall–Kier alpha value is -0.580. The largest absolute Gasteiger partial charge is 0.384 e. The monoisotopic (exact) mass is 312 g/mol. The third kappa shape index (κ3) is 3.05. The fraction of sp³-hybridized carbons (Fsp3) is 0.571. The second kappa shape index (κ2) is 6.55. The van der Waals surface area contributed by atoms with Gasteiger partial charge in [0.2, 0.25) is 0 Å². The number of nitrogens with two attached hydrogens (primary N) is 1. The van der Waals surface area contributed by atoms with Gasteiger partial charge in [-0.15, -0.1) is 0 Å². The molecule has 1 aliphatic heterocycles. The van der Waals surface area contributed by atoms with Gasteiger partial charge in [0, 0.05) is 42.5 Å². The van der Waals surface area contributed by atoms with Crippen molar-refractivity contribution in [3.05, 3.63) is 28.2 Å². The Bertz CT molecular complexity index is 395. The molecule has 100 valence electrons. The standard InChI is InChI=1S/C14H21BrN2O/c1-18-10-11-4-3-7-17(9-11)14-6-2-5-13(15)12(14)8-16/h2,5-6,11H,3-4,7-10,16H2,1H3. The first-order chi connectivity index (χ1) is 8.76. The molecule has 2 N–H and O–H groups in total. The molecule has 0 spiro atoms. The Kier molecular flexibility index (Phi) is 5.03. The lowest BCUT2D eigenvalue weighted by atomic mass is 9.97. The van der Waals surface area contributed by atoms with Gasteiger partial charge in [0.15, 0.2) is 0 Å². The minimum absolute atomic E-state index is 0.572. The summed E-state index contributed by atoms with van der Waals surface area (Å²) in [6.45, 7) is 3.60. The SMILES string of the molecule is COCC1CCCN(c2cccc(Br)c2CN)C1. The molecule has 18 heavy (non-hydrogen) atoms. The van der Waals surface area contributed by atoms with Crippen molar-refractivity contribution < 1.29 is 4.74 Å². The van der Waals surface area contributed by atoms with E-state index in [4.69, 9.17) is 10.5 Å². The van der Waals surface area contributed by atoms with Crippen molar-refractivity contribution in [1.82, 2.24) is 0 Å². The van der Waals surface area contributed by atoms with Gasteiger partial charge >= 0.3 is 0 Å². The minimum Gasteiger partial charge on any atom is -0.384 e. The number of anilines is 1. The van der Waals surface area contributed by atoms with Crippen LogP contribution in [0.4, 0.5) is 5.69 Å². The van der Waals surface area contributed by atoms with Crippen LogP contribution in [0.3, 0.4) is 0 Å². The quantitative estimate of drug-likeness (QED) is 0.929. The van der Waals surface area contributed by atoms with E-state index >= 15 is 0 Å². The molecule has 1 aliphatic rings. The normalized spacial score (nSPS) is 20.2. The maximum absolute atomic E-state index is 5.87. The first-order valence-corrected chi connectivity index (χ1v) is 7.27. The lowest BCUT2D eigenvalue weighted by Gasteiger charge is -2.35. The second-order valence-corrected chi connectivity index (χ2v) is 5.71. The van der Waals surface area contributed by atoms with Crippen LogP contribution in [0, 0.1) is 5.92 Å². The summed E-state index contributed by atoms with van der Waals surface area (Å²) in [6.07, 6.45) is 2.49. The van der Waals surface area contributed by atoms with Gasteiger partial charge in [0.25, 0.3) is 0 Å². The van der Waals surface area contributed by atoms with Gasteiger partial charge in [-0.25, -0.2) is 0 Å². The number of methoxy groups -OCH3 is 1. The van der Waals surface area contributed by atoms with Gasteiger partial charge in [-0.2, -0.15) is 0 Å². The molecule has 1 atom stereocenters. The summed E-state index contributed by atoms with van der Waals surface area (Å²) in [5.74, 6) is 0.633. The topological polar surface area (TPSA) is 38.5 Å².